The van der Waals surface area contributed by atoms with E-state index in [4.69, 9.17) is 0 Å². The van der Waals surface area contributed by atoms with Crippen LogP contribution in [0.1, 0.15) is 31.7 Å². The maximum absolute atomic E-state index is 12.8. The van der Waals surface area contributed by atoms with Crippen molar-refractivity contribution in [2.75, 3.05) is 5.32 Å². The van der Waals surface area contributed by atoms with Gasteiger partial charge in [0, 0.05) is 0 Å². The van der Waals surface area contributed by atoms with Crippen molar-refractivity contribution in [2.24, 2.45) is 5.92 Å². The van der Waals surface area contributed by atoms with E-state index in [1.54, 1.807) is 0 Å². The van der Waals surface area contributed by atoms with Crippen LogP contribution in [-0.2, 0) is 4.79 Å². The van der Waals surface area contributed by atoms with Gasteiger partial charge >= 0.3 is 0 Å². The second kappa shape index (κ2) is 6.65. The number of rotatable bonds is 5. The molecule has 1 heterocycles. The Bertz CT molecular complexity index is 761. The Labute approximate surface area is 136 Å². The molecule has 0 aliphatic heterocycles. The van der Waals surface area contributed by atoms with Gasteiger partial charge in [-0.05, 0) is 23.6 Å². The number of carbonyl (C=O) groups excluding carboxylic acids is 1. The average Bonchev–Trinajstić information content (AvgIpc) is 2.98. The number of H-pyrrole nitrogens is 1. The normalized spacial score (nSPS) is 13.7. The first-order valence-electron chi connectivity index (χ1n) is 7.99. The number of benzene rings is 2. The largest absolute Gasteiger partial charge is 0.324 e. The fourth-order valence-electron chi connectivity index (χ4n) is 2.84. The van der Waals surface area contributed by atoms with Gasteiger partial charge in [-0.15, -0.1) is 0 Å². The van der Waals surface area contributed by atoms with E-state index in [1.165, 1.54) is 0 Å². The van der Waals surface area contributed by atoms with Crippen LogP contribution in [0.5, 0.6) is 0 Å². The molecule has 3 aromatic rings. The third kappa shape index (κ3) is 3.26. The Morgan fingerprint density at radius 2 is 1.83 bits per heavy atom. The van der Waals surface area contributed by atoms with Crippen molar-refractivity contribution in [3.63, 3.8) is 0 Å². The van der Waals surface area contributed by atoms with Gasteiger partial charge in [-0.25, -0.2) is 4.98 Å². The molecule has 1 aromatic heterocycles. The third-order valence-electron chi connectivity index (χ3n) is 4.29. The van der Waals surface area contributed by atoms with Crippen LogP contribution in [-0.4, -0.2) is 15.9 Å². The standard InChI is InChI=1S/C19H21N3O/c1-3-13(2)17(14-9-5-4-6-10-14)18(23)22-19-20-15-11-7-8-12-16(15)21-19/h4-13,17H,3H2,1-2H3,(H2,20,21,22,23)/t13-,17+/m0/s1. The van der Waals surface area contributed by atoms with E-state index in [1.807, 2.05) is 54.6 Å². The highest BCUT2D eigenvalue weighted by Gasteiger charge is 2.26. The van der Waals surface area contributed by atoms with Gasteiger partial charge in [-0.3, -0.25) is 10.1 Å². The Morgan fingerprint density at radius 3 is 2.52 bits per heavy atom. The number of fused-ring (bicyclic) bond motifs is 1. The van der Waals surface area contributed by atoms with Crippen molar-refractivity contribution in [2.45, 2.75) is 26.2 Å². The lowest BCUT2D eigenvalue weighted by Gasteiger charge is -2.22. The maximum Gasteiger partial charge on any atom is 0.234 e. The summed E-state index contributed by atoms with van der Waals surface area (Å²) in [4.78, 5) is 20.4. The van der Waals surface area contributed by atoms with Gasteiger partial charge in [-0.1, -0.05) is 62.7 Å². The van der Waals surface area contributed by atoms with E-state index >= 15 is 0 Å². The van der Waals surface area contributed by atoms with E-state index in [2.05, 4.69) is 29.1 Å². The molecule has 118 valence electrons. The second-order valence-corrected chi connectivity index (χ2v) is 5.87. The predicted octanol–water partition coefficient (Wildman–Crippen LogP) is 4.33. The van der Waals surface area contributed by atoms with Crippen LogP contribution >= 0.6 is 0 Å². The molecule has 0 unspecified atom stereocenters. The van der Waals surface area contributed by atoms with Crippen LogP contribution in [0.15, 0.2) is 54.6 Å². The number of anilines is 1. The monoisotopic (exact) mass is 307 g/mol. The van der Waals surface area contributed by atoms with Crippen molar-refractivity contribution >= 4 is 22.9 Å². The molecule has 0 aliphatic carbocycles. The summed E-state index contributed by atoms with van der Waals surface area (Å²) in [5, 5.41) is 2.94. The minimum Gasteiger partial charge on any atom is -0.324 e. The van der Waals surface area contributed by atoms with Crippen LogP contribution < -0.4 is 5.32 Å². The average molecular weight is 307 g/mol. The van der Waals surface area contributed by atoms with Crippen molar-refractivity contribution in [3.05, 3.63) is 60.2 Å². The highest BCUT2D eigenvalue weighted by molar-refractivity contribution is 5.96. The number of amides is 1. The van der Waals surface area contributed by atoms with Crippen LogP contribution in [0.25, 0.3) is 11.0 Å². The molecule has 0 saturated heterocycles. The number of aromatic amines is 1. The molecule has 0 radical (unpaired) electrons. The number of hydrogen-bond donors (Lipinski definition) is 2. The van der Waals surface area contributed by atoms with Gasteiger partial charge in [0.2, 0.25) is 11.9 Å². The number of para-hydroxylation sites is 2. The Morgan fingerprint density at radius 1 is 1.13 bits per heavy atom. The van der Waals surface area contributed by atoms with Gasteiger partial charge in [0.15, 0.2) is 0 Å². The van der Waals surface area contributed by atoms with Gasteiger partial charge in [0.05, 0.1) is 17.0 Å². The van der Waals surface area contributed by atoms with Gasteiger partial charge in [-0.2, -0.15) is 0 Å². The van der Waals surface area contributed by atoms with Gasteiger partial charge < -0.3 is 4.98 Å². The summed E-state index contributed by atoms with van der Waals surface area (Å²) in [5.41, 5.74) is 2.81. The third-order valence-corrected chi connectivity index (χ3v) is 4.29. The molecule has 2 N–H and O–H groups in total. The summed E-state index contributed by atoms with van der Waals surface area (Å²) in [6, 6.07) is 17.7. The molecule has 0 spiro atoms. The van der Waals surface area contributed by atoms with Crippen molar-refractivity contribution < 1.29 is 4.79 Å². The molecule has 23 heavy (non-hydrogen) atoms. The van der Waals surface area contributed by atoms with Crippen LogP contribution in [0.4, 0.5) is 5.95 Å². The SMILES string of the molecule is CC[C@H](C)[C@@H](C(=O)Nc1nc2ccccc2[nH]1)c1ccccc1. The zero-order chi connectivity index (χ0) is 16.2. The summed E-state index contributed by atoms with van der Waals surface area (Å²) < 4.78 is 0. The lowest BCUT2D eigenvalue weighted by Crippen LogP contribution is -2.26. The molecular weight excluding hydrogens is 286 g/mol. The quantitative estimate of drug-likeness (QED) is 0.737. The Hall–Kier alpha value is -2.62. The van der Waals surface area contributed by atoms with Crippen LogP contribution in [0, 0.1) is 5.92 Å². The molecular formula is C19H21N3O. The molecule has 1 amide bonds. The van der Waals surface area contributed by atoms with E-state index < -0.39 is 0 Å². The van der Waals surface area contributed by atoms with Gasteiger partial charge in [0.1, 0.15) is 0 Å². The minimum atomic E-state index is -0.186. The fourth-order valence-corrected chi connectivity index (χ4v) is 2.84. The highest BCUT2D eigenvalue weighted by Crippen LogP contribution is 2.28. The predicted molar refractivity (Wildman–Crippen MR) is 93.4 cm³/mol. The fraction of sp³-hybridized carbons (Fsp3) is 0.263. The van der Waals surface area contributed by atoms with E-state index in [-0.39, 0.29) is 17.7 Å². The Kier molecular flexibility index (Phi) is 4.42. The smallest absolute Gasteiger partial charge is 0.234 e. The molecule has 0 bridgehead atoms. The molecule has 3 rings (SSSR count). The summed E-state index contributed by atoms with van der Waals surface area (Å²) in [6.45, 7) is 4.21. The molecule has 2 aromatic carbocycles. The first-order valence-corrected chi connectivity index (χ1v) is 7.99. The first kappa shape index (κ1) is 15.3. The van der Waals surface area contributed by atoms with Crippen molar-refractivity contribution in [1.82, 2.24) is 9.97 Å². The van der Waals surface area contributed by atoms with Crippen LogP contribution in [0.2, 0.25) is 0 Å². The number of nitrogens with one attached hydrogen (secondary N) is 2. The summed E-state index contributed by atoms with van der Waals surface area (Å²) in [6.07, 6.45) is 0.938. The summed E-state index contributed by atoms with van der Waals surface area (Å²) in [7, 11) is 0. The molecule has 0 fully saturated rings. The number of hydrogen-bond acceptors (Lipinski definition) is 2. The molecule has 0 aliphatic rings. The maximum atomic E-state index is 12.8. The molecule has 0 saturated carbocycles. The number of imidazole rings is 1. The van der Waals surface area contributed by atoms with E-state index in [9.17, 15) is 4.79 Å². The number of nitrogens with zero attached hydrogens (tertiary/aromatic N) is 1. The molecule has 4 nitrogen and oxygen atoms in total. The van der Waals surface area contributed by atoms with Crippen LogP contribution in [0.3, 0.4) is 0 Å². The lowest BCUT2D eigenvalue weighted by molar-refractivity contribution is -0.118. The highest BCUT2D eigenvalue weighted by atomic mass is 16.2. The van der Waals surface area contributed by atoms with Crippen molar-refractivity contribution in [3.8, 4) is 0 Å². The topological polar surface area (TPSA) is 57.8 Å². The first-order chi connectivity index (χ1) is 11.2. The Balaban J connectivity index is 1.86. The zero-order valence-corrected chi connectivity index (χ0v) is 13.4. The zero-order valence-electron chi connectivity index (χ0n) is 13.4. The number of aromatic nitrogens is 2. The summed E-state index contributed by atoms with van der Waals surface area (Å²) in [5.74, 6) is 0.543. The molecule has 2 atom stereocenters. The minimum absolute atomic E-state index is 0.0235. The van der Waals surface area contributed by atoms with Gasteiger partial charge in [0.25, 0.3) is 0 Å². The van der Waals surface area contributed by atoms with E-state index in [0.717, 1.165) is 23.0 Å². The number of carbonyl (C=O) groups is 1. The second-order valence-electron chi connectivity index (χ2n) is 5.87. The van der Waals surface area contributed by atoms with E-state index in [0.29, 0.717) is 5.95 Å². The lowest BCUT2D eigenvalue weighted by atomic mass is 9.85. The summed E-state index contributed by atoms with van der Waals surface area (Å²) >= 11 is 0. The molecule has 4 heteroatoms. The van der Waals surface area contributed by atoms with Crippen molar-refractivity contribution in [1.29, 1.82) is 0 Å².